The Balaban J connectivity index is 1.45. The second kappa shape index (κ2) is 8.72. The van der Waals surface area contributed by atoms with Crippen LogP contribution in [0.4, 0.5) is 0 Å². The second-order valence-corrected chi connectivity index (χ2v) is 8.16. The Morgan fingerprint density at radius 3 is 2.60 bits per heavy atom. The van der Waals surface area contributed by atoms with Gasteiger partial charge >= 0.3 is 0 Å². The molecule has 2 fully saturated rings. The van der Waals surface area contributed by atoms with Crippen LogP contribution >= 0.6 is 23.2 Å². The maximum atomic E-state index is 12.5. The van der Waals surface area contributed by atoms with Crippen LogP contribution in [0.3, 0.4) is 0 Å². The third-order valence-corrected chi connectivity index (χ3v) is 6.36. The number of amides is 1. The van der Waals surface area contributed by atoms with E-state index in [2.05, 4.69) is 10.2 Å². The summed E-state index contributed by atoms with van der Waals surface area (Å²) in [4.78, 5) is 14.9. The van der Waals surface area contributed by atoms with Gasteiger partial charge in [0.1, 0.15) is 0 Å². The van der Waals surface area contributed by atoms with Gasteiger partial charge in [-0.2, -0.15) is 0 Å². The molecule has 2 atom stereocenters. The second-order valence-electron chi connectivity index (χ2n) is 7.34. The summed E-state index contributed by atoms with van der Waals surface area (Å²) in [6.45, 7) is 3.46. The number of halogens is 2. The number of nitrogens with two attached hydrogens (primary N) is 1. The van der Waals surface area contributed by atoms with Crippen LogP contribution in [0.25, 0.3) is 0 Å². The van der Waals surface area contributed by atoms with Gasteiger partial charge in [-0.3, -0.25) is 9.69 Å². The number of hydrogen-bond acceptors (Lipinski definition) is 3. The van der Waals surface area contributed by atoms with Crippen molar-refractivity contribution in [1.82, 2.24) is 10.2 Å². The monoisotopic (exact) mass is 383 g/mol. The number of carbonyl (C=O) groups is 1. The zero-order chi connectivity index (χ0) is 17.8. The van der Waals surface area contributed by atoms with Crippen molar-refractivity contribution in [1.29, 1.82) is 0 Å². The van der Waals surface area contributed by atoms with Crippen molar-refractivity contribution in [3.05, 3.63) is 33.8 Å². The number of benzene rings is 1. The molecule has 1 aromatic rings. The zero-order valence-electron chi connectivity index (χ0n) is 14.5. The van der Waals surface area contributed by atoms with Crippen molar-refractivity contribution in [2.75, 3.05) is 19.6 Å². The molecule has 4 nitrogen and oxygen atoms in total. The zero-order valence-corrected chi connectivity index (χ0v) is 16.0. The molecule has 1 amide bonds. The molecule has 1 saturated carbocycles. The van der Waals surface area contributed by atoms with Gasteiger partial charge in [-0.1, -0.05) is 35.7 Å². The molecule has 1 heterocycles. The molecule has 138 valence electrons. The topological polar surface area (TPSA) is 58.4 Å². The summed E-state index contributed by atoms with van der Waals surface area (Å²) < 4.78 is 0. The summed E-state index contributed by atoms with van der Waals surface area (Å²) in [6.07, 6.45) is 5.20. The quantitative estimate of drug-likeness (QED) is 0.818. The number of nitrogens with one attached hydrogen (secondary N) is 1. The Kier molecular flexibility index (Phi) is 6.61. The highest BCUT2D eigenvalue weighted by molar-refractivity contribution is 6.42. The van der Waals surface area contributed by atoms with Crippen LogP contribution in [0.15, 0.2) is 18.2 Å². The number of hydrogen-bond donors (Lipinski definition) is 2. The first kappa shape index (κ1) is 19.0. The Hall–Kier alpha value is -0.810. The molecular weight excluding hydrogens is 357 g/mol. The molecule has 3 N–H and O–H groups in total. The van der Waals surface area contributed by atoms with Crippen LogP contribution in [-0.2, 0) is 11.3 Å². The predicted octanol–water partition coefficient (Wildman–Crippen LogP) is 3.45. The minimum absolute atomic E-state index is 0.124. The van der Waals surface area contributed by atoms with Gasteiger partial charge in [0.05, 0.1) is 10.0 Å². The lowest BCUT2D eigenvalue weighted by molar-refractivity contribution is -0.127. The van der Waals surface area contributed by atoms with Crippen molar-refractivity contribution < 1.29 is 4.79 Å². The van der Waals surface area contributed by atoms with Crippen molar-refractivity contribution >= 4 is 29.1 Å². The van der Waals surface area contributed by atoms with Gasteiger partial charge < -0.3 is 11.1 Å². The molecule has 0 aromatic heterocycles. The number of nitrogens with zero attached hydrogens (tertiary/aromatic N) is 1. The first-order valence-corrected chi connectivity index (χ1v) is 9.99. The highest BCUT2D eigenvalue weighted by Gasteiger charge is 2.33. The Morgan fingerprint density at radius 2 is 1.92 bits per heavy atom. The van der Waals surface area contributed by atoms with Crippen molar-refractivity contribution in [2.45, 2.75) is 44.7 Å². The fraction of sp³-hybridized carbons (Fsp3) is 0.632. The lowest BCUT2D eigenvalue weighted by atomic mass is 9.94. The standard InChI is InChI=1S/C19H27Cl2N3O/c20-17-5-4-13(10-18(17)21)12-24-8-6-15(7-9-24)23-19(25)16-3-1-2-14(16)11-22/h4-5,10,14-16H,1-3,6-9,11-12,22H2,(H,23,25)/t14-,16-/m1/s1. The minimum Gasteiger partial charge on any atom is -0.353 e. The van der Waals surface area contributed by atoms with Crippen LogP contribution in [0, 0.1) is 11.8 Å². The highest BCUT2D eigenvalue weighted by atomic mass is 35.5. The number of piperidine rings is 1. The van der Waals surface area contributed by atoms with E-state index < -0.39 is 0 Å². The van der Waals surface area contributed by atoms with Crippen molar-refractivity contribution in [3.8, 4) is 0 Å². The van der Waals surface area contributed by atoms with E-state index in [4.69, 9.17) is 28.9 Å². The molecule has 0 bridgehead atoms. The van der Waals surface area contributed by atoms with Gasteiger partial charge in [-0.25, -0.2) is 0 Å². The highest BCUT2D eigenvalue weighted by Crippen LogP contribution is 2.31. The van der Waals surface area contributed by atoms with Gasteiger partial charge in [0, 0.05) is 31.6 Å². The average Bonchev–Trinajstić information content (AvgIpc) is 3.09. The van der Waals surface area contributed by atoms with Crippen molar-refractivity contribution in [3.63, 3.8) is 0 Å². The lowest BCUT2D eigenvalue weighted by Crippen LogP contribution is -2.47. The van der Waals surface area contributed by atoms with Gasteiger partial charge in [0.2, 0.25) is 5.91 Å². The van der Waals surface area contributed by atoms with E-state index in [0.29, 0.717) is 22.5 Å². The summed E-state index contributed by atoms with van der Waals surface area (Å²) in [5.41, 5.74) is 6.98. The van der Waals surface area contributed by atoms with Gasteiger partial charge in [-0.15, -0.1) is 0 Å². The number of carbonyl (C=O) groups excluding carboxylic acids is 1. The molecule has 1 aromatic carbocycles. The van der Waals surface area contributed by atoms with E-state index in [1.54, 1.807) is 0 Å². The first-order chi connectivity index (χ1) is 12.1. The Morgan fingerprint density at radius 1 is 1.16 bits per heavy atom. The fourth-order valence-corrected chi connectivity index (χ4v) is 4.42. The molecule has 0 unspecified atom stereocenters. The summed E-state index contributed by atoms with van der Waals surface area (Å²) in [6, 6.07) is 6.10. The first-order valence-electron chi connectivity index (χ1n) is 9.23. The van der Waals surface area contributed by atoms with Crippen LogP contribution < -0.4 is 11.1 Å². The number of rotatable bonds is 5. The predicted molar refractivity (Wildman–Crippen MR) is 103 cm³/mol. The van der Waals surface area contributed by atoms with E-state index in [9.17, 15) is 4.79 Å². The van der Waals surface area contributed by atoms with Crippen LogP contribution in [-0.4, -0.2) is 36.5 Å². The van der Waals surface area contributed by atoms with Gasteiger partial charge in [0.15, 0.2) is 0 Å². The Bertz CT molecular complexity index is 602. The lowest BCUT2D eigenvalue weighted by Gasteiger charge is -2.33. The maximum Gasteiger partial charge on any atom is 0.223 e. The van der Waals surface area contributed by atoms with Crippen LogP contribution in [0.1, 0.15) is 37.7 Å². The van der Waals surface area contributed by atoms with E-state index in [0.717, 1.165) is 51.7 Å². The molecule has 6 heteroatoms. The van der Waals surface area contributed by atoms with E-state index in [-0.39, 0.29) is 17.9 Å². The number of likely N-dealkylation sites (tertiary alicyclic amines) is 1. The SMILES string of the molecule is NC[C@H]1CCC[C@H]1C(=O)NC1CCN(Cc2ccc(Cl)c(Cl)c2)CC1. The Labute approximate surface area is 160 Å². The third-order valence-electron chi connectivity index (χ3n) is 5.62. The summed E-state index contributed by atoms with van der Waals surface area (Å²) in [7, 11) is 0. The fourth-order valence-electron chi connectivity index (χ4n) is 4.10. The van der Waals surface area contributed by atoms with E-state index >= 15 is 0 Å². The molecule has 0 radical (unpaired) electrons. The molecule has 1 aliphatic heterocycles. The summed E-state index contributed by atoms with van der Waals surface area (Å²) in [5.74, 6) is 0.713. The maximum absolute atomic E-state index is 12.5. The largest absolute Gasteiger partial charge is 0.353 e. The summed E-state index contributed by atoms with van der Waals surface area (Å²) >= 11 is 12.1. The molecule has 25 heavy (non-hydrogen) atoms. The van der Waals surface area contributed by atoms with Gasteiger partial charge in [-0.05, 0) is 55.8 Å². The molecule has 1 saturated heterocycles. The molecule has 0 spiro atoms. The third kappa shape index (κ3) is 4.88. The van der Waals surface area contributed by atoms with Crippen molar-refractivity contribution in [2.24, 2.45) is 17.6 Å². The molecule has 1 aliphatic carbocycles. The minimum atomic E-state index is 0.124. The molecule has 2 aliphatic rings. The molecule has 3 rings (SSSR count). The summed E-state index contributed by atoms with van der Waals surface area (Å²) in [5, 5.41) is 4.46. The van der Waals surface area contributed by atoms with Crippen LogP contribution in [0.2, 0.25) is 10.0 Å². The van der Waals surface area contributed by atoms with Gasteiger partial charge in [0.25, 0.3) is 0 Å². The normalized spacial score (nSPS) is 25.2. The van der Waals surface area contributed by atoms with Crippen LogP contribution in [0.5, 0.6) is 0 Å². The smallest absolute Gasteiger partial charge is 0.223 e. The van der Waals surface area contributed by atoms with E-state index in [1.807, 2.05) is 18.2 Å². The molecular formula is C19H27Cl2N3O. The average molecular weight is 384 g/mol. The van der Waals surface area contributed by atoms with E-state index in [1.165, 1.54) is 5.56 Å².